The van der Waals surface area contributed by atoms with Crippen molar-refractivity contribution >= 4 is 40.7 Å². The van der Waals surface area contributed by atoms with E-state index < -0.39 is 0 Å². The first kappa shape index (κ1) is 16.4. The number of ketones is 1. The number of hydrogen-bond donors (Lipinski definition) is 0. The van der Waals surface area contributed by atoms with Crippen molar-refractivity contribution in [2.75, 3.05) is 0 Å². The van der Waals surface area contributed by atoms with Gasteiger partial charge in [-0.25, -0.2) is 0 Å². The molecule has 1 nitrogen and oxygen atoms in total. The fourth-order valence-corrected chi connectivity index (χ4v) is 3.61. The van der Waals surface area contributed by atoms with Crippen LogP contribution in [-0.4, -0.2) is 11.0 Å². The lowest BCUT2D eigenvalue weighted by atomic mass is 10.1. The van der Waals surface area contributed by atoms with Gasteiger partial charge in [0.1, 0.15) is 0 Å². The Balaban J connectivity index is 2.21. The van der Waals surface area contributed by atoms with Crippen LogP contribution in [-0.2, 0) is 0 Å². The fraction of sp³-hybridized carbons (Fsp3) is 0.235. The first-order valence-electron chi connectivity index (χ1n) is 6.61. The maximum Gasteiger partial charge on any atom is 0.177 e. The highest BCUT2D eigenvalue weighted by Crippen LogP contribution is 2.31. The molecule has 0 N–H and O–H groups in total. The third-order valence-electron chi connectivity index (χ3n) is 3.21. The van der Waals surface area contributed by atoms with Gasteiger partial charge in [-0.3, -0.25) is 4.79 Å². The van der Waals surface area contributed by atoms with Gasteiger partial charge in [0.15, 0.2) is 5.78 Å². The summed E-state index contributed by atoms with van der Waals surface area (Å²) in [6.07, 6.45) is 0. The third kappa shape index (κ3) is 4.03. The molecule has 0 spiro atoms. The van der Waals surface area contributed by atoms with Gasteiger partial charge in [-0.05, 0) is 50.6 Å². The molecule has 2 aromatic carbocycles. The van der Waals surface area contributed by atoms with Crippen molar-refractivity contribution in [2.24, 2.45) is 0 Å². The summed E-state index contributed by atoms with van der Waals surface area (Å²) in [7, 11) is 0. The summed E-state index contributed by atoms with van der Waals surface area (Å²) >= 11 is 13.5. The standard InChI is InChI=1S/C17H16Cl2OS/c1-10-4-5-11(2)16(8-10)21-12(3)17(20)14-7-6-13(18)9-15(14)19/h4-9,12H,1-3H3. The van der Waals surface area contributed by atoms with Crippen molar-refractivity contribution in [2.45, 2.75) is 30.9 Å². The number of rotatable bonds is 4. The quantitative estimate of drug-likeness (QED) is 0.504. The summed E-state index contributed by atoms with van der Waals surface area (Å²) in [5, 5.41) is 0.733. The Hall–Kier alpha value is -0.960. The first-order chi connectivity index (χ1) is 9.88. The van der Waals surface area contributed by atoms with E-state index in [-0.39, 0.29) is 11.0 Å². The number of Topliss-reactive ketones (excluding diaryl/α,β-unsaturated/α-hetero) is 1. The minimum atomic E-state index is -0.204. The summed E-state index contributed by atoms with van der Waals surface area (Å²) in [4.78, 5) is 13.7. The summed E-state index contributed by atoms with van der Waals surface area (Å²) in [6.45, 7) is 6.00. The van der Waals surface area contributed by atoms with Crippen LogP contribution in [0.25, 0.3) is 0 Å². The maximum absolute atomic E-state index is 12.5. The van der Waals surface area contributed by atoms with Crippen LogP contribution < -0.4 is 0 Å². The monoisotopic (exact) mass is 338 g/mol. The number of aryl methyl sites for hydroxylation is 2. The molecule has 0 radical (unpaired) electrons. The van der Waals surface area contributed by atoms with E-state index in [0.717, 1.165) is 4.90 Å². The number of carbonyl (C=O) groups excluding carboxylic acids is 1. The van der Waals surface area contributed by atoms with Crippen LogP contribution in [0, 0.1) is 13.8 Å². The summed E-state index contributed by atoms with van der Waals surface area (Å²) in [5.41, 5.74) is 2.88. The van der Waals surface area contributed by atoms with E-state index in [2.05, 4.69) is 18.2 Å². The average Bonchev–Trinajstić information content (AvgIpc) is 2.42. The summed E-state index contributed by atoms with van der Waals surface area (Å²) < 4.78 is 0. The molecule has 0 aliphatic rings. The van der Waals surface area contributed by atoms with Crippen LogP contribution in [0.1, 0.15) is 28.4 Å². The Bertz CT molecular complexity index is 682. The van der Waals surface area contributed by atoms with Crippen LogP contribution in [0.4, 0.5) is 0 Å². The molecule has 1 unspecified atom stereocenters. The Labute approximate surface area is 139 Å². The molecule has 0 bridgehead atoms. The lowest BCUT2D eigenvalue weighted by Gasteiger charge is -2.14. The molecule has 2 rings (SSSR count). The third-order valence-corrected chi connectivity index (χ3v) is 5.02. The van der Waals surface area contributed by atoms with Gasteiger partial charge in [0.25, 0.3) is 0 Å². The van der Waals surface area contributed by atoms with Gasteiger partial charge in [0.05, 0.1) is 10.3 Å². The SMILES string of the molecule is Cc1ccc(C)c(SC(C)C(=O)c2ccc(Cl)cc2Cl)c1. The Kier molecular flexibility index (Phi) is 5.37. The number of hydrogen-bond acceptors (Lipinski definition) is 2. The molecular weight excluding hydrogens is 323 g/mol. The number of halogens is 2. The largest absolute Gasteiger partial charge is 0.293 e. The second-order valence-electron chi connectivity index (χ2n) is 5.02. The molecule has 21 heavy (non-hydrogen) atoms. The molecule has 0 saturated heterocycles. The van der Waals surface area contributed by atoms with Crippen LogP contribution in [0.3, 0.4) is 0 Å². The Morgan fingerprint density at radius 1 is 1.10 bits per heavy atom. The zero-order chi connectivity index (χ0) is 15.6. The fourth-order valence-electron chi connectivity index (χ4n) is 1.99. The highest BCUT2D eigenvalue weighted by atomic mass is 35.5. The number of benzene rings is 2. The molecule has 0 heterocycles. The molecule has 0 aromatic heterocycles. The second kappa shape index (κ2) is 6.87. The normalized spacial score (nSPS) is 12.2. The highest BCUT2D eigenvalue weighted by Gasteiger charge is 2.19. The molecule has 2 aromatic rings. The topological polar surface area (TPSA) is 17.1 Å². The Morgan fingerprint density at radius 2 is 1.81 bits per heavy atom. The highest BCUT2D eigenvalue weighted by molar-refractivity contribution is 8.00. The van der Waals surface area contributed by atoms with Gasteiger partial charge in [-0.2, -0.15) is 0 Å². The van der Waals surface area contributed by atoms with Gasteiger partial charge >= 0.3 is 0 Å². The van der Waals surface area contributed by atoms with Gasteiger partial charge < -0.3 is 0 Å². The predicted octanol–water partition coefficient (Wildman–Crippen LogP) is 5.97. The smallest absolute Gasteiger partial charge is 0.177 e. The van der Waals surface area contributed by atoms with Crippen LogP contribution in [0.2, 0.25) is 10.0 Å². The van der Waals surface area contributed by atoms with Crippen LogP contribution >= 0.6 is 35.0 Å². The Morgan fingerprint density at radius 3 is 2.48 bits per heavy atom. The number of thioether (sulfide) groups is 1. The molecule has 0 aliphatic heterocycles. The molecule has 0 aliphatic carbocycles. The van der Waals surface area contributed by atoms with E-state index in [1.807, 2.05) is 20.8 Å². The maximum atomic E-state index is 12.5. The van der Waals surface area contributed by atoms with Gasteiger partial charge in [-0.15, -0.1) is 11.8 Å². The van der Waals surface area contributed by atoms with Crippen LogP contribution in [0.15, 0.2) is 41.3 Å². The van der Waals surface area contributed by atoms with Gasteiger partial charge in [-0.1, -0.05) is 40.9 Å². The van der Waals surface area contributed by atoms with E-state index >= 15 is 0 Å². The minimum absolute atomic E-state index is 0.0163. The van der Waals surface area contributed by atoms with E-state index in [4.69, 9.17) is 23.2 Å². The van der Waals surface area contributed by atoms with Crippen molar-refractivity contribution in [3.63, 3.8) is 0 Å². The van der Waals surface area contributed by atoms with Gasteiger partial charge in [0, 0.05) is 15.5 Å². The van der Waals surface area contributed by atoms with Crippen molar-refractivity contribution in [1.29, 1.82) is 0 Å². The molecular formula is C17H16Cl2OS. The van der Waals surface area contributed by atoms with E-state index in [9.17, 15) is 4.79 Å². The molecule has 1 atom stereocenters. The minimum Gasteiger partial charge on any atom is -0.293 e. The zero-order valence-electron chi connectivity index (χ0n) is 12.1. The van der Waals surface area contributed by atoms with Crippen LogP contribution in [0.5, 0.6) is 0 Å². The molecule has 4 heteroatoms. The van der Waals surface area contributed by atoms with Crippen molar-refractivity contribution in [1.82, 2.24) is 0 Å². The van der Waals surface area contributed by atoms with Crippen molar-refractivity contribution in [3.05, 3.63) is 63.1 Å². The van der Waals surface area contributed by atoms with E-state index in [1.54, 1.807) is 30.0 Å². The zero-order valence-corrected chi connectivity index (χ0v) is 14.4. The average molecular weight is 339 g/mol. The lowest BCUT2D eigenvalue weighted by molar-refractivity contribution is 0.0994. The molecule has 0 amide bonds. The first-order valence-corrected chi connectivity index (χ1v) is 8.25. The second-order valence-corrected chi connectivity index (χ2v) is 7.24. The predicted molar refractivity (Wildman–Crippen MR) is 92.0 cm³/mol. The summed E-state index contributed by atoms with van der Waals surface area (Å²) in [6, 6.07) is 11.2. The molecule has 0 saturated carbocycles. The van der Waals surface area contributed by atoms with Gasteiger partial charge in [0.2, 0.25) is 0 Å². The van der Waals surface area contributed by atoms with Crippen molar-refractivity contribution < 1.29 is 4.79 Å². The lowest BCUT2D eigenvalue weighted by Crippen LogP contribution is -2.14. The summed E-state index contributed by atoms with van der Waals surface area (Å²) in [5.74, 6) is 0.0163. The molecule has 110 valence electrons. The molecule has 0 fully saturated rings. The van der Waals surface area contributed by atoms with E-state index in [0.29, 0.717) is 15.6 Å². The number of carbonyl (C=O) groups is 1. The van der Waals surface area contributed by atoms with Crippen molar-refractivity contribution in [3.8, 4) is 0 Å². The van der Waals surface area contributed by atoms with E-state index in [1.165, 1.54) is 11.1 Å².